The number of rotatable bonds is 5. The molecule has 0 radical (unpaired) electrons. The number of anilines is 2. The van der Waals surface area contributed by atoms with Gasteiger partial charge in [0, 0.05) is 17.8 Å². The molecule has 2 heterocycles. The first-order chi connectivity index (χ1) is 16.4. The van der Waals surface area contributed by atoms with Crippen molar-refractivity contribution in [1.82, 2.24) is 5.32 Å². The number of halogens is 1. The number of nitrogens with zero attached hydrogens (tertiary/aromatic N) is 2. The van der Waals surface area contributed by atoms with Gasteiger partial charge in [0.15, 0.2) is 0 Å². The van der Waals surface area contributed by atoms with E-state index in [0.29, 0.717) is 23.5 Å². The highest BCUT2D eigenvalue weighted by Gasteiger charge is 2.61. The van der Waals surface area contributed by atoms with Crippen molar-refractivity contribution in [3.05, 3.63) is 95.3 Å². The zero-order chi connectivity index (χ0) is 23.9. The molecule has 1 atom stereocenters. The average molecular weight is 476 g/mol. The molecule has 6 nitrogen and oxygen atoms in total. The van der Waals surface area contributed by atoms with Gasteiger partial charge in [0.05, 0.1) is 11.4 Å². The molecule has 2 aliphatic heterocycles. The molecule has 1 saturated heterocycles. The summed E-state index contributed by atoms with van der Waals surface area (Å²) in [6, 6.07) is 20.6. The number of amides is 3. The Morgan fingerprint density at radius 3 is 2.47 bits per heavy atom. The van der Waals surface area contributed by atoms with Gasteiger partial charge in [-0.15, -0.1) is 11.8 Å². The number of fused-ring (bicyclic) bond motifs is 2. The van der Waals surface area contributed by atoms with Crippen LogP contribution in [0.1, 0.15) is 16.7 Å². The summed E-state index contributed by atoms with van der Waals surface area (Å²) in [6.07, 6.45) is 0. The van der Waals surface area contributed by atoms with Crippen molar-refractivity contribution < 1.29 is 18.8 Å². The SMILES string of the molecule is Cc1ccc(CNC(=O)CN2C(=O)[C@]3(SCC(=O)N3c3ccc(F)cc3)c3ccccc32)cc1. The second-order valence-electron chi connectivity index (χ2n) is 8.31. The molecule has 0 aliphatic carbocycles. The fourth-order valence-electron chi connectivity index (χ4n) is 4.41. The normalized spacial score (nSPS) is 19.1. The number of nitrogens with one attached hydrogen (secondary N) is 1. The molecule has 0 saturated carbocycles. The van der Waals surface area contributed by atoms with Crippen molar-refractivity contribution in [2.45, 2.75) is 18.3 Å². The maximum Gasteiger partial charge on any atom is 0.269 e. The second-order valence-corrected chi connectivity index (χ2v) is 9.48. The lowest BCUT2D eigenvalue weighted by atomic mass is 10.0. The number of hydrogen-bond donors (Lipinski definition) is 1. The summed E-state index contributed by atoms with van der Waals surface area (Å²) in [6.45, 7) is 2.17. The van der Waals surface area contributed by atoms with Crippen LogP contribution < -0.4 is 15.1 Å². The van der Waals surface area contributed by atoms with Gasteiger partial charge >= 0.3 is 0 Å². The van der Waals surface area contributed by atoms with E-state index in [1.54, 1.807) is 24.3 Å². The molecular weight excluding hydrogens is 453 g/mol. The van der Waals surface area contributed by atoms with Crippen molar-refractivity contribution in [2.75, 3.05) is 22.1 Å². The highest BCUT2D eigenvalue weighted by Crippen LogP contribution is 2.55. The number of carbonyl (C=O) groups is 3. The minimum absolute atomic E-state index is 0.102. The van der Waals surface area contributed by atoms with Crippen molar-refractivity contribution in [1.29, 1.82) is 0 Å². The third kappa shape index (κ3) is 3.64. The van der Waals surface area contributed by atoms with Crippen molar-refractivity contribution in [3.63, 3.8) is 0 Å². The molecule has 34 heavy (non-hydrogen) atoms. The molecule has 8 heteroatoms. The van der Waals surface area contributed by atoms with E-state index in [2.05, 4.69) is 5.32 Å². The summed E-state index contributed by atoms with van der Waals surface area (Å²) in [4.78, 5) is 41.2. The largest absolute Gasteiger partial charge is 0.350 e. The maximum atomic E-state index is 13.9. The van der Waals surface area contributed by atoms with Gasteiger partial charge in [-0.05, 0) is 42.8 Å². The Hall–Kier alpha value is -3.65. The molecule has 0 bridgehead atoms. The fourth-order valence-corrected chi connectivity index (χ4v) is 5.77. The number of aryl methyl sites for hydroxylation is 1. The first kappa shape index (κ1) is 22.2. The van der Waals surface area contributed by atoms with Crippen LogP contribution in [0, 0.1) is 12.7 Å². The van der Waals surface area contributed by atoms with Gasteiger partial charge in [-0.3, -0.25) is 24.2 Å². The van der Waals surface area contributed by atoms with Crippen LogP contribution in [-0.4, -0.2) is 30.0 Å². The predicted molar refractivity (Wildman–Crippen MR) is 130 cm³/mol. The Labute approximate surface area is 200 Å². The summed E-state index contributed by atoms with van der Waals surface area (Å²) in [5.41, 5.74) is 3.76. The van der Waals surface area contributed by atoms with E-state index in [0.717, 1.165) is 11.1 Å². The van der Waals surface area contributed by atoms with Crippen LogP contribution in [0.15, 0.2) is 72.8 Å². The number of hydrogen-bond acceptors (Lipinski definition) is 4. The van der Waals surface area contributed by atoms with Crippen LogP contribution in [-0.2, 0) is 25.8 Å². The van der Waals surface area contributed by atoms with Crippen LogP contribution in [0.3, 0.4) is 0 Å². The van der Waals surface area contributed by atoms with Gasteiger partial charge < -0.3 is 5.32 Å². The van der Waals surface area contributed by atoms with E-state index in [9.17, 15) is 18.8 Å². The highest BCUT2D eigenvalue weighted by atomic mass is 32.2. The van der Waals surface area contributed by atoms with Crippen LogP contribution in [0.4, 0.5) is 15.8 Å². The zero-order valence-electron chi connectivity index (χ0n) is 18.5. The van der Waals surface area contributed by atoms with Crippen molar-refractivity contribution in [3.8, 4) is 0 Å². The molecule has 3 amide bonds. The molecule has 1 spiro atoms. The minimum atomic E-state index is -1.33. The third-order valence-corrected chi connectivity index (χ3v) is 7.45. The van der Waals surface area contributed by atoms with Crippen LogP contribution in [0.25, 0.3) is 0 Å². The quantitative estimate of drug-likeness (QED) is 0.611. The lowest BCUT2D eigenvalue weighted by molar-refractivity contribution is -0.125. The van der Waals surface area contributed by atoms with Gasteiger partial charge in [0.25, 0.3) is 5.91 Å². The number of thioether (sulfide) groups is 1. The van der Waals surface area contributed by atoms with Gasteiger partial charge in [-0.25, -0.2) is 4.39 Å². The Balaban J connectivity index is 1.44. The molecule has 0 unspecified atom stereocenters. The van der Waals surface area contributed by atoms with Crippen molar-refractivity contribution >= 4 is 40.9 Å². The molecule has 5 rings (SSSR count). The molecule has 3 aromatic carbocycles. The molecule has 172 valence electrons. The van der Waals surface area contributed by atoms with Crippen molar-refractivity contribution in [2.24, 2.45) is 0 Å². The average Bonchev–Trinajstić information content (AvgIpc) is 3.30. The van der Waals surface area contributed by atoms with E-state index in [1.807, 2.05) is 31.2 Å². The van der Waals surface area contributed by atoms with E-state index in [4.69, 9.17) is 0 Å². The Bertz CT molecular complexity index is 1280. The van der Waals surface area contributed by atoms with Gasteiger partial charge in [0.2, 0.25) is 16.7 Å². The summed E-state index contributed by atoms with van der Waals surface area (Å²) in [7, 11) is 0. The van der Waals surface area contributed by atoms with E-state index >= 15 is 0 Å². The summed E-state index contributed by atoms with van der Waals surface area (Å²) in [5, 5.41) is 2.87. The lowest BCUT2D eigenvalue weighted by Crippen LogP contribution is -2.51. The number of benzene rings is 3. The highest BCUT2D eigenvalue weighted by molar-refractivity contribution is 8.02. The first-order valence-electron chi connectivity index (χ1n) is 10.9. The third-order valence-electron chi connectivity index (χ3n) is 6.06. The minimum Gasteiger partial charge on any atom is -0.350 e. The van der Waals surface area contributed by atoms with E-state index < -0.39 is 10.7 Å². The standard InChI is InChI=1S/C26H22FN3O3S/c1-17-6-8-18(9-7-17)14-28-23(31)15-29-22-5-3-2-4-21(22)26(25(29)33)30(24(32)16-34-26)20-12-10-19(27)11-13-20/h2-13H,14-16H2,1H3,(H,28,31)/t26-/m1/s1. The lowest BCUT2D eigenvalue weighted by Gasteiger charge is -2.33. The summed E-state index contributed by atoms with van der Waals surface area (Å²) in [5.74, 6) is -1.24. The zero-order valence-corrected chi connectivity index (χ0v) is 19.3. The number of carbonyl (C=O) groups excluding carboxylic acids is 3. The number of para-hydroxylation sites is 1. The molecule has 2 aliphatic rings. The summed E-state index contributed by atoms with van der Waals surface area (Å²) >= 11 is 1.22. The first-order valence-corrected chi connectivity index (χ1v) is 11.8. The molecule has 3 aromatic rings. The molecule has 1 fully saturated rings. The van der Waals surface area contributed by atoms with Gasteiger partial charge in [-0.2, -0.15) is 0 Å². The van der Waals surface area contributed by atoms with E-state index in [1.165, 1.54) is 45.8 Å². The van der Waals surface area contributed by atoms with Crippen LogP contribution in [0.5, 0.6) is 0 Å². The van der Waals surface area contributed by atoms with Crippen LogP contribution >= 0.6 is 11.8 Å². The Kier molecular flexibility index (Phi) is 5.61. The second kappa shape index (κ2) is 8.61. The predicted octanol–water partition coefficient (Wildman–Crippen LogP) is 3.73. The van der Waals surface area contributed by atoms with Crippen LogP contribution in [0.2, 0.25) is 0 Å². The molecule has 1 N–H and O–H groups in total. The topological polar surface area (TPSA) is 69.7 Å². The molecular formula is C26H22FN3O3S. The Morgan fingerprint density at radius 2 is 1.74 bits per heavy atom. The van der Waals surface area contributed by atoms with Gasteiger partial charge in [-0.1, -0.05) is 48.0 Å². The monoisotopic (exact) mass is 475 g/mol. The summed E-state index contributed by atoms with van der Waals surface area (Å²) < 4.78 is 13.5. The smallest absolute Gasteiger partial charge is 0.269 e. The van der Waals surface area contributed by atoms with Gasteiger partial charge in [0.1, 0.15) is 12.4 Å². The molecule has 0 aromatic heterocycles. The van der Waals surface area contributed by atoms with E-state index in [-0.39, 0.29) is 30.0 Å². The maximum absolute atomic E-state index is 13.9. The fraction of sp³-hybridized carbons (Fsp3) is 0.192. The Morgan fingerprint density at radius 1 is 1.03 bits per heavy atom.